The van der Waals surface area contributed by atoms with Gasteiger partial charge in [-0.2, -0.15) is 0 Å². The fourth-order valence-corrected chi connectivity index (χ4v) is 1.92. The first-order valence-corrected chi connectivity index (χ1v) is 6.89. The van der Waals surface area contributed by atoms with Crippen molar-refractivity contribution in [1.82, 2.24) is 9.97 Å². The maximum atomic E-state index is 12.9. The first kappa shape index (κ1) is 16.5. The Morgan fingerprint density at radius 1 is 1.43 bits per heavy atom. The van der Waals surface area contributed by atoms with Crippen LogP contribution in [0.1, 0.15) is 40.8 Å². The fourth-order valence-electron chi connectivity index (χ4n) is 1.92. The van der Waals surface area contributed by atoms with Crippen LogP contribution < -0.4 is 0 Å². The number of hydrogen-bond donors (Lipinski definition) is 2. The molecule has 2 aromatic rings. The second kappa shape index (κ2) is 7.44. The number of nitrogens with zero attached hydrogens (tertiary/aromatic N) is 1. The number of alkyl halides is 2. The van der Waals surface area contributed by atoms with E-state index in [4.69, 9.17) is 10.1 Å². The average Bonchev–Trinajstić information content (AvgIpc) is 3.02. The van der Waals surface area contributed by atoms with Crippen molar-refractivity contribution in [2.24, 2.45) is 0 Å². The highest BCUT2D eigenvalue weighted by Gasteiger charge is 2.14. The smallest absolute Gasteiger partial charge is 0.356 e. The van der Waals surface area contributed by atoms with Gasteiger partial charge in [0.05, 0.1) is 18.5 Å². The number of imidazole rings is 1. The van der Waals surface area contributed by atoms with E-state index in [1.54, 1.807) is 13.0 Å². The Morgan fingerprint density at radius 2 is 2.17 bits per heavy atom. The first-order valence-electron chi connectivity index (χ1n) is 6.89. The molecule has 5 nitrogen and oxygen atoms in total. The predicted octanol–water partition coefficient (Wildman–Crippen LogP) is 3.61. The Balaban J connectivity index is 2.15. The minimum atomic E-state index is -2.65. The zero-order valence-electron chi connectivity index (χ0n) is 12.3. The summed E-state index contributed by atoms with van der Waals surface area (Å²) in [7, 11) is 0. The van der Waals surface area contributed by atoms with Crippen molar-refractivity contribution < 1.29 is 18.3 Å². The van der Waals surface area contributed by atoms with E-state index < -0.39 is 12.4 Å². The van der Waals surface area contributed by atoms with E-state index in [1.165, 1.54) is 36.5 Å². The molecule has 0 saturated heterocycles. The quantitative estimate of drug-likeness (QED) is 0.630. The molecular formula is C16H15F2N3O2. The standard InChI is InChI=1S/C16H15F2N3O2/c1-2-23-16(22)13-9-20-14(21-13)8-7-12(19)10-5-3-4-6-11(10)15(17)18/h3-9,15,19H,2H2,1H3,(H,20,21)/b8-7-,19-12?. The molecule has 0 atom stereocenters. The SMILES string of the molecule is CCOC(=O)c1cnc(/C=C\C(=N)c2ccccc2C(F)F)[nH]1. The summed E-state index contributed by atoms with van der Waals surface area (Å²) in [6, 6.07) is 5.84. The summed E-state index contributed by atoms with van der Waals surface area (Å²) in [5, 5.41) is 7.92. The van der Waals surface area contributed by atoms with Gasteiger partial charge in [-0.1, -0.05) is 24.3 Å². The van der Waals surface area contributed by atoms with Gasteiger partial charge < -0.3 is 15.1 Å². The van der Waals surface area contributed by atoms with Crippen molar-refractivity contribution in [1.29, 1.82) is 5.41 Å². The number of esters is 1. The number of allylic oxidation sites excluding steroid dienone is 1. The van der Waals surface area contributed by atoms with Crippen LogP contribution in [-0.2, 0) is 4.74 Å². The van der Waals surface area contributed by atoms with Gasteiger partial charge in [0.2, 0.25) is 0 Å². The van der Waals surface area contributed by atoms with Crippen molar-refractivity contribution >= 4 is 17.8 Å². The number of benzene rings is 1. The molecule has 0 aliphatic rings. The third-order valence-corrected chi connectivity index (χ3v) is 2.98. The van der Waals surface area contributed by atoms with E-state index in [0.717, 1.165) is 0 Å². The average molecular weight is 319 g/mol. The van der Waals surface area contributed by atoms with Crippen LogP contribution in [0.3, 0.4) is 0 Å². The third-order valence-electron chi connectivity index (χ3n) is 2.98. The molecule has 0 fully saturated rings. The second-order valence-corrected chi connectivity index (χ2v) is 4.54. The van der Waals surface area contributed by atoms with Gasteiger partial charge >= 0.3 is 5.97 Å². The fraction of sp³-hybridized carbons (Fsp3) is 0.188. The number of ether oxygens (including phenoxy) is 1. The van der Waals surface area contributed by atoms with Gasteiger partial charge in [-0.05, 0) is 19.1 Å². The van der Waals surface area contributed by atoms with Crippen molar-refractivity contribution in [3.8, 4) is 0 Å². The molecule has 1 aromatic carbocycles. The van der Waals surface area contributed by atoms with Gasteiger partial charge in [-0.25, -0.2) is 18.6 Å². The molecule has 0 radical (unpaired) electrons. The number of carbonyl (C=O) groups is 1. The third kappa shape index (κ3) is 4.09. The van der Waals surface area contributed by atoms with E-state index in [-0.39, 0.29) is 29.1 Å². The lowest BCUT2D eigenvalue weighted by molar-refractivity contribution is 0.0520. The number of carbonyl (C=O) groups excluding carboxylic acids is 1. The van der Waals surface area contributed by atoms with Gasteiger partial charge in [0.1, 0.15) is 11.5 Å². The highest BCUT2D eigenvalue weighted by Crippen LogP contribution is 2.23. The lowest BCUT2D eigenvalue weighted by atomic mass is 10.0. The van der Waals surface area contributed by atoms with E-state index in [0.29, 0.717) is 5.82 Å². The van der Waals surface area contributed by atoms with Crippen LogP contribution in [0.25, 0.3) is 6.08 Å². The van der Waals surface area contributed by atoms with Crippen molar-refractivity contribution in [2.75, 3.05) is 6.61 Å². The van der Waals surface area contributed by atoms with Crippen LogP contribution in [0, 0.1) is 5.41 Å². The first-order chi connectivity index (χ1) is 11.0. The molecule has 0 spiro atoms. The molecule has 0 aliphatic carbocycles. The molecule has 120 valence electrons. The summed E-state index contributed by atoms with van der Waals surface area (Å²) >= 11 is 0. The van der Waals surface area contributed by atoms with E-state index in [9.17, 15) is 13.6 Å². The van der Waals surface area contributed by atoms with Crippen LogP contribution in [0.4, 0.5) is 8.78 Å². The van der Waals surface area contributed by atoms with Crippen LogP contribution in [0.15, 0.2) is 36.5 Å². The Labute approximate surface area is 131 Å². The zero-order chi connectivity index (χ0) is 16.8. The monoisotopic (exact) mass is 319 g/mol. The summed E-state index contributed by atoms with van der Waals surface area (Å²) in [6.45, 7) is 1.94. The lowest BCUT2D eigenvalue weighted by Gasteiger charge is -2.06. The molecule has 0 bridgehead atoms. The van der Waals surface area contributed by atoms with Gasteiger partial charge in [-0.15, -0.1) is 0 Å². The van der Waals surface area contributed by atoms with Gasteiger partial charge in [-0.3, -0.25) is 0 Å². The van der Waals surface area contributed by atoms with Crippen molar-refractivity contribution in [3.63, 3.8) is 0 Å². The van der Waals surface area contributed by atoms with Crippen LogP contribution in [0.2, 0.25) is 0 Å². The molecule has 2 N–H and O–H groups in total. The van der Waals surface area contributed by atoms with Crippen LogP contribution in [0.5, 0.6) is 0 Å². The van der Waals surface area contributed by atoms with Gasteiger partial charge in [0.25, 0.3) is 6.43 Å². The number of hydrogen-bond acceptors (Lipinski definition) is 4. The highest BCUT2D eigenvalue weighted by molar-refractivity contribution is 6.09. The number of halogens is 2. The summed E-state index contributed by atoms with van der Waals surface area (Å²) in [5.74, 6) is -0.204. The molecular weight excluding hydrogens is 304 g/mol. The largest absolute Gasteiger partial charge is 0.461 e. The number of rotatable bonds is 6. The molecule has 0 saturated carbocycles. The van der Waals surface area contributed by atoms with Crippen molar-refractivity contribution in [3.05, 3.63) is 59.2 Å². The lowest BCUT2D eigenvalue weighted by Crippen LogP contribution is -2.04. The molecule has 1 aromatic heterocycles. The number of aromatic amines is 1. The maximum Gasteiger partial charge on any atom is 0.356 e. The van der Waals surface area contributed by atoms with E-state index in [1.807, 2.05) is 0 Å². The molecule has 1 heterocycles. The Morgan fingerprint density at radius 3 is 2.87 bits per heavy atom. The molecule has 7 heteroatoms. The van der Waals surface area contributed by atoms with Gasteiger partial charge in [0, 0.05) is 11.1 Å². The zero-order valence-corrected chi connectivity index (χ0v) is 12.3. The summed E-state index contributed by atoms with van der Waals surface area (Å²) in [5.41, 5.74) is 0.0609. The van der Waals surface area contributed by atoms with E-state index in [2.05, 4.69) is 9.97 Å². The Hall–Kier alpha value is -2.83. The number of nitrogens with one attached hydrogen (secondary N) is 2. The van der Waals surface area contributed by atoms with Crippen LogP contribution >= 0.6 is 0 Å². The highest BCUT2D eigenvalue weighted by atomic mass is 19.3. The molecule has 0 unspecified atom stereocenters. The summed E-state index contributed by atoms with van der Waals surface area (Å²) in [6.07, 6.45) is 1.44. The Bertz CT molecular complexity index is 738. The minimum Gasteiger partial charge on any atom is -0.461 e. The molecule has 2 rings (SSSR count). The molecule has 0 aliphatic heterocycles. The summed E-state index contributed by atoms with van der Waals surface area (Å²) < 4.78 is 30.7. The van der Waals surface area contributed by atoms with Crippen molar-refractivity contribution in [2.45, 2.75) is 13.3 Å². The molecule has 23 heavy (non-hydrogen) atoms. The number of H-pyrrole nitrogens is 1. The topological polar surface area (TPSA) is 78.8 Å². The molecule has 0 amide bonds. The second-order valence-electron chi connectivity index (χ2n) is 4.54. The predicted molar refractivity (Wildman–Crippen MR) is 81.8 cm³/mol. The maximum absolute atomic E-state index is 12.9. The Kier molecular flexibility index (Phi) is 5.35. The van der Waals surface area contributed by atoms with Crippen LogP contribution in [-0.4, -0.2) is 28.3 Å². The minimum absolute atomic E-state index is 0.0741. The normalized spacial score (nSPS) is 11.1. The summed E-state index contributed by atoms with van der Waals surface area (Å²) in [4.78, 5) is 18.2. The number of aromatic nitrogens is 2. The van der Waals surface area contributed by atoms with Gasteiger partial charge in [0.15, 0.2) is 0 Å². The van der Waals surface area contributed by atoms with E-state index >= 15 is 0 Å².